The average molecular weight is 156 g/mol. The van der Waals surface area contributed by atoms with Gasteiger partial charge in [-0.2, -0.15) is 0 Å². The molecule has 0 radical (unpaired) electrons. The maximum Gasteiger partial charge on any atom is 0.158 e. The second kappa shape index (κ2) is 4.50. The normalized spacial score (nSPS) is 16.8. The zero-order valence-electron chi connectivity index (χ0n) is 7.14. The highest BCUT2D eigenvalue weighted by molar-refractivity contribution is 5.80. The van der Waals surface area contributed by atoms with Crippen LogP contribution in [-0.4, -0.2) is 19.0 Å². The van der Waals surface area contributed by atoms with Gasteiger partial charge in [-0.3, -0.25) is 4.79 Å². The molecule has 1 saturated carbocycles. The molecule has 0 spiro atoms. The molecular formula is C9H16O2. The SMILES string of the molecule is CCCOCC(=O)CC1CC1. The molecule has 0 heterocycles. The van der Waals surface area contributed by atoms with Gasteiger partial charge in [0.05, 0.1) is 0 Å². The Morgan fingerprint density at radius 1 is 1.55 bits per heavy atom. The summed E-state index contributed by atoms with van der Waals surface area (Å²) in [6, 6.07) is 0. The Kier molecular flexibility index (Phi) is 3.57. The van der Waals surface area contributed by atoms with Crippen molar-refractivity contribution in [2.24, 2.45) is 5.92 Å². The molecule has 1 rings (SSSR count). The molecular weight excluding hydrogens is 140 g/mol. The maximum atomic E-state index is 11.0. The lowest BCUT2D eigenvalue weighted by molar-refractivity contribution is -0.123. The fraction of sp³-hybridized carbons (Fsp3) is 0.889. The number of ether oxygens (including phenoxy) is 1. The minimum Gasteiger partial charge on any atom is -0.374 e. The Bertz CT molecular complexity index is 128. The summed E-state index contributed by atoms with van der Waals surface area (Å²) in [5, 5.41) is 0. The van der Waals surface area contributed by atoms with Crippen LogP contribution in [0, 0.1) is 5.92 Å². The Hall–Kier alpha value is -0.370. The minimum absolute atomic E-state index is 0.279. The van der Waals surface area contributed by atoms with Crippen molar-refractivity contribution >= 4 is 5.78 Å². The summed E-state index contributed by atoms with van der Waals surface area (Å²) in [5.74, 6) is 0.980. The lowest BCUT2D eigenvalue weighted by Crippen LogP contribution is -2.09. The number of carbonyl (C=O) groups is 1. The van der Waals surface area contributed by atoms with Crippen LogP contribution in [0.2, 0.25) is 0 Å². The summed E-state index contributed by atoms with van der Waals surface area (Å²) in [7, 11) is 0. The Morgan fingerprint density at radius 3 is 2.82 bits per heavy atom. The molecule has 0 unspecified atom stereocenters. The van der Waals surface area contributed by atoms with Crippen LogP contribution in [0.15, 0.2) is 0 Å². The lowest BCUT2D eigenvalue weighted by atomic mass is 10.2. The third-order valence-corrected chi connectivity index (χ3v) is 1.82. The van der Waals surface area contributed by atoms with E-state index in [4.69, 9.17) is 4.74 Å². The van der Waals surface area contributed by atoms with E-state index in [0.29, 0.717) is 12.5 Å². The second-order valence-corrected chi connectivity index (χ2v) is 3.24. The molecule has 0 bridgehead atoms. The quantitative estimate of drug-likeness (QED) is 0.548. The standard InChI is InChI=1S/C9H16O2/c1-2-5-11-7-9(10)6-8-3-4-8/h8H,2-7H2,1H3. The number of Topliss-reactive ketones (excluding diaryl/α,β-unsaturated/α-hetero) is 1. The first-order valence-corrected chi connectivity index (χ1v) is 4.42. The molecule has 0 aliphatic heterocycles. The number of hydrogen-bond acceptors (Lipinski definition) is 2. The zero-order chi connectivity index (χ0) is 8.10. The third-order valence-electron chi connectivity index (χ3n) is 1.82. The van der Waals surface area contributed by atoms with Crippen molar-refractivity contribution in [1.29, 1.82) is 0 Å². The molecule has 2 heteroatoms. The number of hydrogen-bond donors (Lipinski definition) is 0. The predicted octanol–water partition coefficient (Wildman–Crippen LogP) is 1.78. The number of ketones is 1. The van der Waals surface area contributed by atoms with E-state index in [2.05, 4.69) is 0 Å². The van der Waals surface area contributed by atoms with Crippen LogP contribution in [0.4, 0.5) is 0 Å². The van der Waals surface area contributed by atoms with E-state index in [0.717, 1.165) is 19.4 Å². The molecule has 2 nitrogen and oxygen atoms in total. The van der Waals surface area contributed by atoms with Crippen molar-refractivity contribution in [3.8, 4) is 0 Å². The summed E-state index contributed by atoms with van der Waals surface area (Å²) < 4.78 is 5.12. The van der Waals surface area contributed by atoms with Crippen molar-refractivity contribution in [3.05, 3.63) is 0 Å². The van der Waals surface area contributed by atoms with Crippen molar-refractivity contribution in [2.75, 3.05) is 13.2 Å². The van der Waals surface area contributed by atoms with Gasteiger partial charge in [0.15, 0.2) is 5.78 Å². The molecule has 0 aromatic heterocycles. The number of carbonyl (C=O) groups excluding carboxylic acids is 1. The third kappa shape index (κ3) is 4.14. The smallest absolute Gasteiger partial charge is 0.158 e. The molecule has 1 aliphatic carbocycles. The van der Waals surface area contributed by atoms with Crippen molar-refractivity contribution in [3.63, 3.8) is 0 Å². The van der Waals surface area contributed by atoms with Gasteiger partial charge in [-0.1, -0.05) is 6.92 Å². The van der Waals surface area contributed by atoms with Gasteiger partial charge < -0.3 is 4.74 Å². The van der Waals surface area contributed by atoms with Gasteiger partial charge in [-0.05, 0) is 25.2 Å². The molecule has 0 atom stereocenters. The van der Waals surface area contributed by atoms with E-state index in [1.54, 1.807) is 0 Å². The monoisotopic (exact) mass is 156 g/mol. The summed E-state index contributed by atoms with van der Waals surface area (Å²) in [6.07, 6.45) is 4.25. The van der Waals surface area contributed by atoms with Crippen molar-refractivity contribution < 1.29 is 9.53 Å². The van der Waals surface area contributed by atoms with Crippen molar-refractivity contribution in [1.82, 2.24) is 0 Å². The molecule has 0 N–H and O–H groups in total. The van der Waals surface area contributed by atoms with Crippen LogP contribution in [0.3, 0.4) is 0 Å². The minimum atomic E-state index is 0.279. The first-order chi connectivity index (χ1) is 5.33. The maximum absolute atomic E-state index is 11.0. The Labute approximate surface area is 67.9 Å². The van der Waals surface area contributed by atoms with Crippen LogP contribution in [-0.2, 0) is 9.53 Å². The Balaban J connectivity index is 1.92. The first-order valence-electron chi connectivity index (χ1n) is 4.42. The van der Waals surface area contributed by atoms with Gasteiger partial charge in [0.25, 0.3) is 0 Å². The molecule has 0 aromatic rings. The summed E-state index contributed by atoms with van der Waals surface area (Å²) in [6.45, 7) is 3.10. The van der Waals surface area contributed by atoms with Crippen LogP contribution in [0.25, 0.3) is 0 Å². The van der Waals surface area contributed by atoms with E-state index in [9.17, 15) is 4.79 Å². The van der Waals surface area contributed by atoms with Gasteiger partial charge in [-0.15, -0.1) is 0 Å². The molecule has 1 aliphatic rings. The molecule has 0 saturated heterocycles. The van der Waals surface area contributed by atoms with Gasteiger partial charge in [0.1, 0.15) is 6.61 Å². The predicted molar refractivity (Wildman–Crippen MR) is 43.5 cm³/mol. The van der Waals surface area contributed by atoms with Crippen LogP contribution in [0.5, 0.6) is 0 Å². The van der Waals surface area contributed by atoms with Gasteiger partial charge in [-0.25, -0.2) is 0 Å². The van der Waals surface area contributed by atoms with E-state index in [-0.39, 0.29) is 5.78 Å². The Morgan fingerprint density at radius 2 is 2.27 bits per heavy atom. The topological polar surface area (TPSA) is 26.3 Å². The lowest BCUT2D eigenvalue weighted by Gasteiger charge is -1.99. The molecule has 0 amide bonds. The van der Waals surface area contributed by atoms with Gasteiger partial charge in [0.2, 0.25) is 0 Å². The highest BCUT2D eigenvalue weighted by atomic mass is 16.5. The molecule has 1 fully saturated rings. The van der Waals surface area contributed by atoms with E-state index in [1.165, 1.54) is 12.8 Å². The summed E-state index contributed by atoms with van der Waals surface area (Å²) >= 11 is 0. The zero-order valence-corrected chi connectivity index (χ0v) is 7.14. The first kappa shape index (κ1) is 8.72. The van der Waals surface area contributed by atoms with E-state index in [1.807, 2.05) is 6.92 Å². The van der Waals surface area contributed by atoms with Crippen LogP contribution in [0.1, 0.15) is 32.6 Å². The molecule has 11 heavy (non-hydrogen) atoms. The highest BCUT2D eigenvalue weighted by Crippen LogP contribution is 2.32. The highest BCUT2D eigenvalue weighted by Gasteiger charge is 2.23. The fourth-order valence-electron chi connectivity index (χ4n) is 1.03. The average Bonchev–Trinajstić information content (AvgIpc) is 2.72. The summed E-state index contributed by atoms with van der Waals surface area (Å²) in [4.78, 5) is 11.0. The molecule has 64 valence electrons. The van der Waals surface area contributed by atoms with E-state index < -0.39 is 0 Å². The largest absolute Gasteiger partial charge is 0.374 e. The van der Waals surface area contributed by atoms with Gasteiger partial charge in [0, 0.05) is 13.0 Å². The second-order valence-electron chi connectivity index (χ2n) is 3.24. The number of rotatable bonds is 6. The molecule has 0 aromatic carbocycles. The van der Waals surface area contributed by atoms with Gasteiger partial charge >= 0.3 is 0 Å². The van der Waals surface area contributed by atoms with Crippen molar-refractivity contribution in [2.45, 2.75) is 32.6 Å². The fourth-order valence-corrected chi connectivity index (χ4v) is 1.03. The van der Waals surface area contributed by atoms with E-state index >= 15 is 0 Å². The van der Waals surface area contributed by atoms with Crippen LogP contribution >= 0.6 is 0 Å². The van der Waals surface area contributed by atoms with Crippen LogP contribution < -0.4 is 0 Å². The summed E-state index contributed by atoms with van der Waals surface area (Å²) in [5.41, 5.74) is 0.